The molecule has 0 spiro atoms. The number of carboxylic acid groups (broad SMARTS) is 1. The molecule has 2 N–H and O–H groups in total. The topological polar surface area (TPSA) is 91.9 Å². The van der Waals surface area contributed by atoms with Gasteiger partial charge in [0.2, 0.25) is 0 Å². The van der Waals surface area contributed by atoms with Crippen LogP contribution in [0.3, 0.4) is 0 Å². The number of hydrogen-bond acceptors (Lipinski definition) is 4. The zero-order valence-electron chi connectivity index (χ0n) is 15.2. The Labute approximate surface area is 166 Å². The molecule has 0 fully saturated rings. The number of nitrogens with zero attached hydrogens (tertiary/aromatic N) is 1. The lowest BCUT2D eigenvalue weighted by Crippen LogP contribution is -2.17. The van der Waals surface area contributed by atoms with Gasteiger partial charge >= 0.3 is 5.97 Å². The first kappa shape index (κ1) is 18.2. The normalized spacial score (nSPS) is 11.0. The van der Waals surface area contributed by atoms with Crippen molar-refractivity contribution >= 4 is 28.9 Å². The third-order valence-corrected chi connectivity index (χ3v) is 4.44. The van der Waals surface area contributed by atoms with E-state index in [0.717, 1.165) is 16.3 Å². The molecule has 1 heterocycles. The predicted molar refractivity (Wildman–Crippen MR) is 110 cm³/mol. The summed E-state index contributed by atoms with van der Waals surface area (Å²) in [6.45, 7) is 0. The molecule has 0 unspecified atom stereocenters. The van der Waals surface area contributed by atoms with Crippen molar-refractivity contribution in [2.45, 2.75) is 0 Å². The lowest BCUT2D eigenvalue weighted by Gasteiger charge is -2.04. The molecule has 0 radical (unpaired) electrons. The summed E-state index contributed by atoms with van der Waals surface area (Å²) in [6, 6.07) is 23.0. The highest BCUT2D eigenvalue weighted by Crippen LogP contribution is 2.22. The van der Waals surface area contributed by atoms with Crippen LogP contribution in [0.5, 0.6) is 0 Å². The smallest absolute Gasteiger partial charge is 0.335 e. The molecule has 0 atom stereocenters. The fourth-order valence-corrected chi connectivity index (χ4v) is 2.99. The average Bonchev–Trinajstić information content (AvgIpc) is 3.22. The number of furan rings is 1. The van der Waals surface area contributed by atoms with Crippen molar-refractivity contribution in [1.82, 2.24) is 5.43 Å². The number of nitrogens with one attached hydrogen (secondary N) is 1. The molecule has 6 nitrogen and oxygen atoms in total. The monoisotopic (exact) mass is 384 g/mol. The van der Waals surface area contributed by atoms with Gasteiger partial charge in [0.15, 0.2) is 0 Å². The van der Waals surface area contributed by atoms with Gasteiger partial charge < -0.3 is 9.52 Å². The summed E-state index contributed by atoms with van der Waals surface area (Å²) >= 11 is 0. The molecular formula is C23H16N2O4. The number of hydrazone groups is 1. The molecule has 4 rings (SSSR count). The first-order valence-corrected chi connectivity index (χ1v) is 8.86. The van der Waals surface area contributed by atoms with Gasteiger partial charge in [-0.25, -0.2) is 10.2 Å². The second-order valence-electron chi connectivity index (χ2n) is 6.31. The second kappa shape index (κ2) is 7.82. The van der Waals surface area contributed by atoms with Crippen molar-refractivity contribution in [2.24, 2.45) is 5.10 Å². The number of fused-ring (bicyclic) bond motifs is 1. The van der Waals surface area contributed by atoms with Crippen LogP contribution >= 0.6 is 0 Å². The molecule has 0 bridgehead atoms. The summed E-state index contributed by atoms with van der Waals surface area (Å²) < 4.78 is 5.68. The van der Waals surface area contributed by atoms with Gasteiger partial charge in [0.1, 0.15) is 11.5 Å². The lowest BCUT2D eigenvalue weighted by atomic mass is 10.0. The Morgan fingerprint density at radius 2 is 1.66 bits per heavy atom. The standard InChI is InChI=1S/C23H16N2O4/c26-22(20-7-3-5-15-4-1-2-6-19(15)20)25-24-14-18-12-13-21(29-18)16-8-10-17(11-9-16)23(27)28/h1-14H,(H,25,26)(H,27,28). The SMILES string of the molecule is O=C(O)c1ccc(-c2ccc(C=NNC(=O)c3cccc4ccccc34)o2)cc1. The number of rotatable bonds is 5. The number of hydrogen-bond donors (Lipinski definition) is 2. The Balaban J connectivity index is 1.46. The highest BCUT2D eigenvalue weighted by atomic mass is 16.4. The minimum atomic E-state index is -0.981. The van der Waals surface area contributed by atoms with Crippen LogP contribution in [-0.2, 0) is 0 Å². The van der Waals surface area contributed by atoms with E-state index in [2.05, 4.69) is 10.5 Å². The van der Waals surface area contributed by atoms with Crippen molar-refractivity contribution in [1.29, 1.82) is 0 Å². The molecule has 29 heavy (non-hydrogen) atoms. The van der Waals surface area contributed by atoms with Gasteiger partial charge in [-0.2, -0.15) is 5.10 Å². The molecule has 142 valence electrons. The molecule has 0 aliphatic rings. The Bertz CT molecular complexity index is 1220. The summed E-state index contributed by atoms with van der Waals surface area (Å²) in [5, 5.41) is 14.8. The van der Waals surface area contributed by atoms with Crippen LogP contribution in [0.1, 0.15) is 26.5 Å². The second-order valence-corrected chi connectivity index (χ2v) is 6.31. The Morgan fingerprint density at radius 3 is 2.45 bits per heavy atom. The summed E-state index contributed by atoms with van der Waals surface area (Å²) in [7, 11) is 0. The fourth-order valence-electron chi connectivity index (χ4n) is 2.99. The van der Waals surface area contributed by atoms with E-state index in [1.807, 2.05) is 36.4 Å². The first-order valence-electron chi connectivity index (χ1n) is 8.86. The van der Waals surface area contributed by atoms with Crippen molar-refractivity contribution < 1.29 is 19.1 Å². The minimum Gasteiger partial charge on any atom is -0.478 e. The van der Waals surface area contributed by atoms with E-state index in [0.29, 0.717) is 17.1 Å². The van der Waals surface area contributed by atoms with E-state index in [1.165, 1.54) is 18.3 Å². The summed E-state index contributed by atoms with van der Waals surface area (Å²) in [4.78, 5) is 23.4. The van der Waals surface area contributed by atoms with E-state index >= 15 is 0 Å². The summed E-state index contributed by atoms with van der Waals surface area (Å²) in [5.41, 5.74) is 4.01. The van der Waals surface area contributed by atoms with Crippen LogP contribution in [0.2, 0.25) is 0 Å². The zero-order chi connectivity index (χ0) is 20.2. The quantitative estimate of drug-likeness (QED) is 0.390. The molecule has 0 saturated heterocycles. The van der Waals surface area contributed by atoms with Gasteiger partial charge in [-0.05, 0) is 41.1 Å². The van der Waals surface area contributed by atoms with E-state index in [4.69, 9.17) is 9.52 Å². The molecule has 3 aromatic carbocycles. The van der Waals surface area contributed by atoms with Crippen LogP contribution in [0.15, 0.2) is 88.4 Å². The van der Waals surface area contributed by atoms with Gasteiger partial charge in [0.05, 0.1) is 11.8 Å². The van der Waals surface area contributed by atoms with Gasteiger partial charge in [-0.1, -0.05) is 48.5 Å². The lowest BCUT2D eigenvalue weighted by molar-refractivity contribution is 0.0696. The molecule has 4 aromatic rings. The maximum absolute atomic E-state index is 12.5. The molecular weight excluding hydrogens is 368 g/mol. The highest BCUT2D eigenvalue weighted by Gasteiger charge is 2.09. The van der Waals surface area contributed by atoms with Crippen LogP contribution in [0.4, 0.5) is 0 Å². The number of carboxylic acids is 1. The van der Waals surface area contributed by atoms with E-state index in [-0.39, 0.29) is 11.5 Å². The van der Waals surface area contributed by atoms with E-state index in [9.17, 15) is 9.59 Å². The van der Waals surface area contributed by atoms with Crippen LogP contribution < -0.4 is 5.43 Å². The Kier molecular flexibility index (Phi) is 4.90. The fraction of sp³-hybridized carbons (Fsp3) is 0. The third kappa shape index (κ3) is 3.91. The number of amides is 1. The maximum atomic E-state index is 12.5. The summed E-state index contributed by atoms with van der Waals surface area (Å²) in [5.74, 6) is -0.260. The molecule has 0 saturated carbocycles. The van der Waals surface area contributed by atoms with Crippen LogP contribution in [0, 0.1) is 0 Å². The minimum absolute atomic E-state index is 0.207. The Hall–Kier alpha value is -4.19. The van der Waals surface area contributed by atoms with Crippen molar-refractivity contribution in [3.63, 3.8) is 0 Å². The van der Waals surface area contributed by atoms with E-state index < -0.39 is 5.97 Å². The van der Waals surface area contributed by atoms with Gasteiger partial charge in [0.25, 0.3) is 5.91 Å². The molecule has 1 aromatic heterocycles. The first-order chi connectivity index (χ1) is 14.1. The number of benzene rings is 3. The molecule has 0 aliphatic heterocycles. The predicted octanol–water partition coefficient (Wildman–Crippen LogP) is 4.56. The van der Waals surface area contributed by atoms with Crippen molar-refractivity contribution in [3.8, 4) is 11.3 Å². The molecule has 1 amide bonds. The molecule has 6 heteroatoms. The number of aromatic carboxylic acids is 1. The number of carbonyl (C=O) groups is 2. The Morgan fingerprint density at radius 1 is 0.897 bits per heavy atom. The third-order valence-electron chi connectivity index (χ3n) is 4.44. The maximum Gasteiger partial charge on any atom is 0.335 e. The van der Waals surface area contributed by atoms with Gasteiger partial charge in [-0.15, -0.1) is 0 Å². The van der Waals surface area contributed by atoms with Gasteiger partial charge in [-0.3, -0.25) is 4.79 Å². The van der Waals surface area contributed by atoms with Crippen LogP contribution in [0.25, 0.3) is 22.1 Å². The number of carbonyl (C=O) groups excluding carboxylic acids is 1. The molecule has 0 aliphatic carbocycles. The van der Waals surface area contributed by atoms with Crippen molar-refractivity contribution in [2.75, 3.05) is 0 Å². The van der Waals surface area contributed by atoms with E-state index in [1.54, 1.807) is 30.3 Å². The summed E-state index contributed by atoms with van der Waals surface area (Å²) in [6.07, 6.45) is 1.41. The van der Waals surface area contributed by atoms with Gasteiger partial charge in [0, 0.05) is 11.1 Å². The largest absolute Gasteiger partial charge is 0.478 e. The zero-order valence-corrected chi connectivity index (χ0v) is 15.2. The average molecular weight is 384 g/mol. The van der Waals surface area contributed by atoms with Crippen molar-refractivity contribution in [3.05, 3.63) is 95.7 Å². The highest BCUT2D eigenvalue weighted by molar-refractivity contribution is 6.07. The van der Waals surface area contributed by atoms with Crippen LogP contribution in [-0.4, -0.2) is 23.2 Å².